The molecule has 0 unspecified atom stereocenters. The second-order valence-electron chi connectivity index (χ2n) is 7.50. The molecule has 0 spiro atoms. The molecule has 0 saturated carbocycles. The van der Waals surface area contributed by atoms with Crippen molar-refractivity contribution in [1.29, 1.82) is 0 Å². The van der Waals surface area contributed by atoms with E-state index in [-0.39, 0.29) is 5.91 Å². The quantitative estimate of drug-likeness (QED) is 0.293. The molecule has 0 atom stereocenters. The summed E-state index contributed by atoms with van der Waals surface area (Å²) < 4.78 is 8.00. The Bertz CT molecular complexity index is 1240. The van der Waals surface area contributed by atoms with Crippen molar-refractivity contribution in [2.45, 2.75) is 33.4 Å². The molecule has 0 aliphatic carbocycles. The van der Waals surface area contributed by atoms with Crippen molar-refractivity contribution >= 4 is 34.4 Å². The van der Waals surface area contributed by atoms with Gasteiger partial charge in [0.2, 0.25) is 5.91 Å². The summed E-state index contributed by atoms with van der Waals surface area (Å²) in [5.41, 5.74) is 3.97. The molecule has 164 valence electrons. The summed E-state index contributed by atoms with van der Waals surface area (Å²) in [4.78, 5) is 21.2. The molecule has 6 nitrogen and oxygen atoms in total. The van der Waals surface area contributed by atoms with Gasteiger partial charge in [0.25, 0.3) is 0 Å². The van der Waals surface area contributed by atoms with E-state index in [0.29, 0.717) is 13.2 Å². The number of carbonyl (C=O) groups excluding carboxylic acids is 1. The maximum atomic E-state index is 12.2. The predicted molar refractivity (Wildman–Crippen MR) is 129 cm³/mol. The van der Waals surface area contributed by atoms with Gasteiger partial charge in [0.05, 0.1) is 21.7 Å². The summed E-state index contributed by atoms with van der Waals surface area (Å²) in [5.74, 6) is 1.63. The van der Waals surface area contributed by atoms with E-state index in [2.05, 4.69) is 25.9 Å². The third-order valence-electron chi connectivity index (χ3n) is 5.04. The Balaban J connectivity index is 1.24. The lowest BCUT2D eigenvalue weighted by molar-refractivity contribution is -0.116. The number of rotatable bonds is 9. The Morgan fingerprint density at radius 1 is 1.16 bits per heavy atom. The van der Waals surface area contributed by atoms with Crippen LogP contribution in [0.15, 0.2) is 60.0 Å². The number of imidazole rings is 1. The minimum Gasteiger partial charge on any atom is -0.487 e. The second kappa shape index (κ2) is 10.2. The fourth-order valence-electron chi connectivity index (χ4n) is 3.50. The van der Waals surface area contributed by atoms with E-state index in [9.17, 15) is 4.79 Å². The molecule has 1 amide bonds. The first kappa shape index (κ1) is 21.8. The fraction of sp³-hybridized carbons (Fsp3) is 0.240. The zero-order chi connectivity index (χ0) is 22.3. The van der Waals surface area contributed by atoms with Gasteiger partial charge in [-0.25, -0.2) is 9.97 Å². The molecule has 0 bridgehead atoms. The van der Waals surface area contributed by atoms with E-state index in [0.717, 1.165) is 51.8 Å². The zero-order valence-corrected chi connectivity index (χ0v) is 19.1. The van der Waals surface area contributed by atoms with E-state index in [4.69, 9.17) is 4.74 Å². The maximum absolute atomic E-state index is 12.2. The molecule has 0 radical (unpaired) electrons. The van der Waals surface area contributed by atoms with Crippen LogP contribution < -0.4 is 10.1 Å². The lowest BCUT2D eigenvalue weighted by Gasteiger charge is -2.07. The van der Waals surface area contributed by atoms with Crippen LogP contribution in [0.2, 0.25) is 0 Å². The largest absolute Gasteiger partial charge is 0.487 e. The number of nitrogens with zero attached hydrogens (tertiary/aromatic N) is 3. The van der Waals surface area contributed by atoms with Crippen molar-refractivity contribution < 1.29 is 9.53 Å². The van der Waals surface area contributed by atoms with Crippen LogP contribution in [0.1, 0.15) is 28.5 Å². The van der Waals surface area contributed by atoms with E-state index in [1.807, 2.05) is 61.7 Å². The van der Waals surface area contributed by atoms with Crippen LogP contribution in [0, 0.1) is 13.8 Å². The number of aromatic nitrogens is 3. The summed E-state index contributed by atoms with van der Waals surface area (Å²) in [6.45, 7) is 5.84. The topological polar surface area (TPSA) is 69.0 Å². The van der Waals surface area contributed by atoms with Crippen molar-refractivity contribution in [3.8, 4) is 5.75 Å². The second-order valence-corrected chi connectivity index (χ2v) is 8.56. The molecular weight excluding hydrogens is 420 g/mol. The average molecular weight is 447 g/mol. The first-order valence-electron chi connectivity index (χ1n) is 10.6. The minimum atomic E-state index is -0.110. The lowest BCUT2D eigenvalue weighted by atomic mass is 10.2. The molecular formula is C25H26N4O2S. The van der Waals surface area contributed by atoms with Gasteiger partial charge in [0, 0.05) is 24.5 Å². The summed E-state index contributed by atoms with van der Waals surface area (Å²) in [6.07, 6.45) is 4.18. The van der Waals surface area contributed by atoms with Crippen molar-refractivity contribution in [2.24, 2.45) is 0 Å². The summed E-state index contributed by atoms with van der Waals surface area (Å²) in [7, 11) is 0. The maximum Gasteiger partial charge on any atom is 0.244 e. The molecule has 32 heavy (non-hydrogen) atoms. The smallest absolute Gasteiger partial charge is 0.244 e. The number of amides is 1. The number of para-hydroxylation sites is 2. The third-order valence-corrected chi connectivity index (χ3v) is 5.86. The molecule has 0 aliphatic heterocycles. The molecule has 7 heteroatoms. The zero-order valence-electron chi connectivity index (χ0n) is 18.2. The average Bonchev–Trinajstić information content (AvgIpc) is 3.36. The third kappa shape index (κ3) is 5.62. The number of thiazole rings is 1. The number of hydrogen-bond donors (Lipinski definition) is 1. The molecule has 2 aromatic heterocycles. The van der Waals surface area contributed by atoms with Gasteiger partial charge in [-0.1, -0.05) is 24.3 Å². The molecule has 2 aromatic carbocycles. The van der Waals surface area contributed by atoms with Crippen LogP contribution >= 0.6 is 11.3 Å². The number of benzene rings is 2. The molecule has 0 saturated heterocycles. The minimum absolute atomic E-state index is 0.110. The Morgan fingerprint density at radius 2 is 2.03 bits per heavy atom. The highest BCUT2D eigenvalue weighted by Crippen LogP contribution is 2.17. The Morgan fingerprint density at radius 3 is 2.88 bits per heavy atom. The number of hydrogen-bond acceptors (Lipinski definition) is 5. The normalized spacial score (nSPS) is 11.3. The van der Waals surface area contributed by atoms with Crippen LogP contribution in [0.4, 0.5) is 0 Å². The SMILES string of the molecule is Cc1nc(COc2cccc(/C=C/C(=O)NCCCn3c(C)nc4ccccc43)c2)cs1. The van der Waals surface area contributed by atoms with Crippen LogP contribution in [0.5, 0.6) is 5.75 Å². The van der Waals surface area contributed by atoms with Crippen LogP contribution in [-0.2, 0) is 17.9 Å². The highest BCUT2D eigenvalue weighted by molar-refractivity contribution is 7.09. The monoisotopic (exact) mass is 446 g/mol. The van der Waals surface area contributed by atoms with E-state index >= 15 is 0 Å². The van der Waals surface area contributed by atoms with Crippen molar-refractivity contribution in [3.63, 3.8) is 0 Å². The summed E-state index contributed by atoms with van der Waals surface area (Å²) in [6, 6.07) is 15.8. The van der Waals surface area contributed by atoms with Crippen molar-refractivity contribution in [2.75, 3.05) is 6.54 Å². The molecule has 2 heterocycles. The highest BCUT2D eigenvalue weighted by atomic mass is 32.1. The summed E-state index contributed by atoms with van der Waals surface area (Å²) in [5, 5.41) is 5.98. The van der Waals surface area contributed by atoms with E-state index in [1.54, 1.807) is 23.5 Å². The molecule has 1 N–H and O–H groups in total. The number of nitrogens with one attached hydrogen (secondary N) is 1. The Labute approximate surface area is 191 Å². The van der Waals surface area contributed by atoms with Crippen LogP contribution in [0.3, 0.4) is 0 Å². The predicted octanol–water partition coefficient (Wildman–Crippen LogP) is 4.91. The van der Waals surface area contributed by atoms with Crippen LogP contribution in [0.25, 0.3) is 17.1 Å². The standard InChI is InChI=1S/C25H26N4O2S/c1-18-27-23-9-3-4-10-24(23)29(18)14-6-13-26-25(30)12-11-20-7-5-8-22(15-20)31-16-21-17-32-19(2)28-21/h3-5,7-12,15,17H,6,13-14,16H2,1-2H3,(H,26,30)/b12-11+. The van der Waals surface area contributed by atoms with Gasteiger partial charge in [-0.2, -0.15) is 0 Å². The van der Waals surface area contributed by atoms with Gasteiger partial charge in [-0.3, -0.25) is 4.79 Å². The van der Waals surface area contributed by atoms with Gasteiger partial charge in [-0.05, 0) is 56.2 Å². The van der Waals surface area contributed by atoms with Gasteiger partial charge < -0.3 is 14.6 Å². The van der Waals surface area contributed by atoms with Gasteiger partial charge in [-0.15, -0.1) is 11.3 Å². The van der Waals surface area contributed by atoms with Gasteiger partial charge >= 0.3 is 0 Å². The number of ether oxygens (including phenoxy) is 1. The van der Waals surface area contributed by atoms with Crippen molar-refractivity contribution in [1.82, 2.24) is 19.9 Å². The van der Waals surface area contributed by atoms with Crippen LogP contribution in [-0.4, -0.2) is 27.0 Å². The van der Waals surface area contributed by atoms with Crippen molar-refractivity contribution in [3.05, 3.63) is 82.1 Å². The molecule has 0 fully saturated rings. The van der Waals surface area contributed by atoms with Gasteiger partial charge in [0.1, 0.15) is 18.2 Å². The first-order valence-corrected chi connectivity index (χ1v) is 11.5. The highest BCUT2D eigenvalue weighted by Gasteiger charge is 2.06. The Kier molecular flexibility index (Phi) is 6.97. The Hall–Kier alpha value is -3.45. The number of carbonyl (C=O) groups is 1. The lowest BCUT2D eigenvalue weighted by Crippen LogP contribution is -2.23. The van der Waals surface area contributed by atoms with Gasteiger partial charge in [0.15, 0.2) is 0 Å². The number of fused-ring (bicyclic) bond motifs is 1. The summed E-state index contributed by atoms with van der Waals surface area (Å²) >= 11 is 1.61. The van der Waals surface area contributed by atoms with E-state index < -0.39 is 0 Å². The number of aryl methyl sites for hydroxylation is 3. The first-order chi connectivity index (χ1) is 15.6. The molecule has 0 aliphatic rings. The van der Waals surface area contributed by atoms with E-state index in [1.165, 1.54) is 0 Å². The molecule has 4 aromatic rings. The fourth-order valence-corrected chi connectivity index (χ4v) is 4.09. The molecule has 4 rings (SSSR count).